The number of nitrogens with one attached hydrogen (secondary N) is 1. The first kappa shape index (κ1) is 22.8. The van der Waals surface area contributed by atoms with Crippen LogP contribution in [0.4, 0.5) is 10.3 Å². The van der Waals surface area contributed by atoms with Gasteiger partial charge in [-0.1, -0.05) is 36.2 Å². The minimum absolute atomic E-state index is 0.220. The lowest BCUT2D eigenvalue weighted by atomic mass is 9.98. The third-order valence-electron chi connectivity index (χ3n) is 6.94. The summed E-state index contributed by atoms with van der Waals surface area (Å²) in [4.78, 5) is 23.6. The van der Waals surface area contributed by atoms with Crippen LogP contribution in [0.3, 0.4) is 0 Å². The van der Waals surface area contributed by atoms with Crippen molar-refractivity contribution in [2.45, 2.75) is 44.8 Å². The summed E-state index contributed by atoms with van der Waals surface area (Å²) in [6.45, 7) is 7.53. The van der Waals surface area contributed by atoms with E-state index in [-0.39, 0.29) is 5.82 Å². The molecule has 0 unspecified atom stereocenters. The zero-order chi connectivity index (χ0) is 22.9. The molecule has 2 aromatic heterocycles. The van der Waals surface area contributed by atoms with Crippen LogP contribution in [0.25, 0.3) is 11.2 Å². The number of aromatic nitrogens is 4. The maximum Gasteiger partial charge on any atom is 0.228 e. The summed E-state index contributed by atoms with van der Waals surface area (Å²) in [7, 11) is 0. The molecule has 5 rings (SSSR count). The average Bonchev–Trinajstić information content (AvgIpc) is 3.30. The fourth-order valence-corrected chi connectivity index (χ4v) is 5.50. The van der Waals surface area contributed by atoms with Crippen molar-refractivity contribution < 1.29 is 4.39 Å². The van der Waals surface area contributed by atoms with Crippen molar-refractivity contribution in [3.63, 3.8) is 0 Å². The number of fused-ring (bicyclic) bond motifs is 1. The number of piperidine rings is 1. The van der Waals surface area contributed by atoms with Crippen molar-refractivity contribution >= 4 is 40.3 Å². The highest BCUT2D eigenvalue weighted by Crippen LogP contribution is 2.27. The molecular formula is C23H28Cl2FN7. The van der Waals surface area contributed by atoms with Gasteiger partial charge in [0, 0.05) is 48.8 Å². The van der Waals surface area contributed by atoms with Gasteiger partial charge in [-0.15, -0.1) is 0 Å². The molecule has 2 aliphatic rings. The molecule has 2 saturated heterocycles. The van der Waals surface area contributed by atoms with Gasteiger partial charge in [0.15, 0.2) is 10.8 Å². The van der Waals surface area contributed by atoms with E-state index in [1.807, 2.05) is 0 Å². The first-order valence-corrected chi connectivity index (χ1v) is 12.3. The Balaban J connectivity index is 1.20. The second kappa shape index (κ2) is 9.70. The molecule has 0 saturated carbocycles. The monoisotopic (exact) mass is 491 g/mol. The highest BCUT2D eigenvalue weighted by atomic mass is 35.5. The van der Waals surface area contributed by atoms with E-state index in [0.29, 0.717) is 51.5 Å². The summed E-state index contributed by atoms with van der Waals surface area (Å²) >= 11 is 12.2. The molecule has 0 aliphatic carbocycles. The smallest absolute Gasteiger partial charge is 0.228 e. The number of imidazole rings is 1. The summed E-state index contributed by atoms with van der Waals surface area (Å²) in [5, 5.41) is 0.827. The maximum atomic E-state index is 14.2. The van der Waals surface area contributed by atoms with Crippen LogP contribution in [0, 0.1) is 5.82 Å². The third kappa shape index (κ3) is 4.80. The zero-order valence-corrected chi connectivity index (χ0v) is 20.2. The van der Waals surface area contributed by atoms with E-state index < -0.39 is 0 Å². The fraction of sp³-hybridized carbons (Fsp3) is 0.522. The predicted molar refractivity (Wildman–Crippen MR) is 129 cm³/mol. The molecular weight excluding hydrogens is 464 g/mol. The van der Waals surface area contributed by atoms with Crippen LogP contribution in [0.2, 0.25) is 10.2 Å². The summed E-state index contributed by atoms with van der Waals surface area (Å²) in [6, 6.07) is 5.94. The SMILES string of the molecule is CC[C@H]1CN(c2nc(Cl)c3nc[nH]c3n2)CCN1C1CCN(Cc2ccc(Cl)cc2F)CC1. The minimum Gasteiger partial charge on any atom is -0.338 e. The molecule has 3 aromatic rings. The molecule has 0 spiro atoms. The molecule has 0 bridgehead atoms. The molecule has 1 aromatic carbocycles. The van der Waals surface area contributed by atoms with Gasteiger partial charge >= 0.3 is 0 Å². The number of H-pyrrole nitrogens is 1. The standard InChI is InChI=1S/C23H28Cl2FN7/c1-2-17-13-32(23-29-21(25)20-22(30-23)28-14-27-20)9-10-33(17)18-5-7-31(8-6-18)12-15-3-4-16(24)11-19(15)26/h3-4,11,14,17-18H,2,5-10,12-13H2,1H3,(H,27,28,29,30)/t17-/m0/s1. The highest BCUT2D eigenvalue weighted by Gasteiger charge is 2.34. The normalized spacial score (nSPS) is 21.2. The number of aromatic amines is 1. The zero-order valence-electron chi connectivity index (χ0n) is 18.6. The van der Waals surface area contributed by atoms with Gasteiger partial charge < -0.3 is 9.88 Å². The van der Waals surface area contributed by atoms with E-state index in [2.05, 4.69) is 41.6 Å². The number of anilines is 1. The molecule has 4 heterocycles. The number of hydrogen-bond acceptors (Lipinski definition) is 6. The van der Waals surface area contributed by atoms with Gasteiger partial charge in [-0.3, -0.25) is 9.80 Å². The molecule has 1 atom stereocenters. The van der Waals surface area contributed by atoms with Gasteiger partial charge in [-0.25, -0.2) is 9.37 Å². The summed E-state index contributed by atoms with van der Waals surface area (Å²) < 4.78 is 14.2. The Morgan fingerprint density at radius 1 is 1.12 bits per heavy atom. The molecule has 2 fully saturated rings. The van der Waals surface area contributed by atoms with Crippen LogP contribution in [-0.4, -0.2) is 74.5 Å². The molecule has 7 nitrogen and oxygen atoms in total. The molecule has 0 amide bonds. The van der Waals surface area contributed by atoms with Crippen LogP contribution in [0.5, 0.6) is 0 Å². The van der Waals surface area contributed by atoms with Gasteiger partial charge in [-0.2, -0.15) is 9.97 Å². The Kier molecular flexibility index (Phi) is 6.69. The number of halogens is 3. The van der Waals surface area contributed by atoms with Crippen molar-refractivity contribution in [1.29, 1.82) is 0 Å². The fourth-order valence-electron chi connectivity index (χ4n) is 5.13. The molecule has 33 heavy (non-hydrogen) atoms. The second-order valence-electron chi connectivity index (χ2n) is 8.90. The van der Waals surface area contributed by atoms with Crippen LogP contribution < -0.4 is 4.90 Å². The van der Waals surface area contributed by atoms with Crippen LogP contribution in [-0.2, 0) is 6.54 Å². The van der Waals surface area contributed by atoms with E-state index in [0.717, 1.165) is 52.0 Å². The van der Waals surface area contributed by atoms with Gasteiger partial charge in [0.1, 0.15) is 11.3 Å². The lowest BCUT2D eigenvalue weighted by molar-refractivity contribution is 0.0606. The predicted octanol–water partition coefficient (Wildman–Crippen LogP) is 4.36. The van der Waals surface area contributed by atoms with Gasteiger partial charge in [0.25, 0.3) is 0 Å². The van der Waals surface area contributed by atoms with E-state index >= 15 is 0 Å². The molecule has 0 radical (unpaired) electrons. The second-order valence-corrected chi connectivity index (χ2v) is 9.70. The van der Waals surface area contributed by atoms with E-state index in [4.69, 9.17) is 23.2 Å². The highest BCUT2D eigenvalue weighted by molar-refractivity contribution is 6.33. The topological polar surface area (TPSA) is 64.2 Å². The van der Waals surface area contributed by atoms with E-state index in [1.165, 1.54) is 6.07 Å². The maximum absolute atomic E-state index is 14.2. The number of nitrogens with zero attached hydrogens (tertiary/aromatic N) is 6. The Morgan fingerprint density at radius 3 is 2.70 bits per heavy atom. The largest absolute Gasteiger partial charge is 0.338 e. The van der Waals surface area contributed by atoms with E-state index in [9.17, 15) is 4.39 Å². The van der Waals surface area contributed by atoms with Crippen molar-refractivity contribution in [3.8, 4) is 0 Å². The summed E-state index contributed by atoms with van der Waals surface area (Å²) in [5.41, 5.74) is 1.99. The minimum atomic E-state index is -0.220. The molecule has 10 heteroatoms. The van der Waals surface area contributed by atoms with Crippen LogP contribution in [0.15, 0.2) is 24.5 Å². The summed E-state index contributed by atoms with van der Waals surface area (Å²) in [6.07, 6.45) is 4.84. The number of piperazine rings is 1. The Labute approximate surface area is 202 Å². The molecule has 176 valence electrons. The third-order valence-corrected chi connectivity index (χ3v) is 7.44. The van der Waals surface area contributed by atoms with Gasteiger partial charge in [0.05, 0.1) is 6.33 Å². The Hall–Kier alpha value is -2.00. The van der Waals surface area contributed by atoms with Crippen LogP contribution in [0.1, 0.15) is 31.7 Å². The summed E-state index contributed by atoms with van der Waals surface area (Å²) in [5.74, 6) is 0.442. The van der Waals surface area contributed by atoms with Gasteiger partial charge in [0.2, 0.25) is 5.95 Å². The number of rotatable bonds is 5. The van der Waals surface area contributed by atoms with Crippen LogP contribution >= 0.6 is 23.2 Å². The molecule has 1 N–H and O–H groups in total. The first-order valence-electron chi connectivity index (χ1n) is 11.6. The van der Waals surface area contributed by atoms with Crippen molar-refractivity contribution in [2.75, 3.05) is 37.6 Å². The van der Waals surface area contributed by atoms with Crippen molar-refractivity contribution in [2.24, 2.45) is 0 Å². The molecule has 2 aliphatic heterocycles. The number of benzene rings is 1. The Bertz CT molecular complexity index is 1120. The number of likely N-dealkylation sites (tertiary alicyclic amines) is 1. The van der Waals surface area contributed by atoms with Gasteiger partial charge in [-0.05, 0) is 44.5 Å². The lowest BCUT2D eigenvalue weighted by Crippen LogP contribution is -2.58. The lowest BCUT2D eigenvalue weighted by Gasteiger charge is -2.47. The number of hydrogen-bond donors (Lipinski definition) is 1. The van der Waals surface area contributed by atoms with Crippen molar-refractivity contribution in [1.82, 2.24) is 29.7 Å². The quantitative estimate of drug-likeness (QED) is 0.534. The van der Waals surface area contributed by atoms with E-state index in [1.54, 1.807) is 18.5 Å². The average molecular weight is 492 g/mol. The van der Waals surface area contributed by atoms with Crippen molar-refractivity contribution in [3.05, 3.63) is 46.1 Å². The first-order chi connectivity index (χ1) is 16.0. The Morgan fingerprint density at radius 2 is 1.94 bits per heavy atom.